The Morgan fingerprint density at radius 3 is 2.44 bits per heavy atom. The van der Waals surface area contributed by atoms with Crippen LogP contribution in [0.3, 0.4) is 0 Å². The van der Waals surface area contributed by atoms with Crippen molar-refractivity contribution in [2.45, 2.75) is 44.8 Å². The lowest BCUT2D eigenvalue weighted by molar-refractivity contribution is -0.00437. The molecule has 2 heteroatoms. The van der Waals surface area contributed by atoms with Gasteiger partial charge in [-0.3, -0.25) is 0 Å². The van der Waals surface area contributed by atoms with E-state index in [9.17, 15) is 0 Å². The number of benzene rings is 1. The van der Waals surface area contributed by atoms with Gasteiger partial charge in [-0.2, -0.15) is 0 Å². The van der Waals surface area contributed by atoms with Crippen LogP contribution in [0.2, 0.25) is 0 Å². The lowest BCUT2D eigenvalue weighted by atomic mass is 10.1. The third-order valence-corrected chi connectivity index (χ3v) is 3.32. The summed E-state index contributed by atoms with van der Waals surface area (Å²) in [5, 5.41) is 0. The summed E-state index contributed by atoms with van der Waals surface area (Å²) in [6.07, 6.45) is 5.50. The third kappa shape index (κ3) is 2.83. The first kappa shape index (κ1) is 11.6. The molecule has 0 aliphatic heterocycles. The van der Waals surface area contributed by atoms with Gasteiger partial charge >= 0.3 is 0 Å². The van der Waals surface area contributed by atoms with Crippen molar-refractivity contribution >= 4 is 0 Å². The van der Waals surface area contributed by atoms with Crippen LogP contribution in [0.1, 0.15) is 42.9 Å². The topological polar surface area (TPSA) is 35.2 Å². The van der Waals surface area contributed by atoms with Crippen LogP contribution in [-0.4, -0.2) is 12.6 Å². The van der Waals surface area contributed by atoms with Crippen molar-refractivity contribution < 1.29 is 4.74 Å². The van der Waals surface area contributed by atoms with Crippen molar-refractivity contribution in [2.24, 2.45) is 5.73 Å². The summed E-state index contributed by atoms with van der Waals surface area (Å²) in [5.74, 6) is 0. The number of hydrogen-bond donors (Lipinski definition) is 1. The van der Waals surface area contributed by atoms with Gasteiger partial charge < -0.3 is 10.5 Å². The molecule has 1 aromatic rings. The van der Waals surface area contributed by atoms with Crippen molar-refractivity contribution in [2.75, 3.05) is 6.54 Å². The Morgan fingerprint density at radius 2 is 1.88 bits per heavy atom. The van der Waals surface area contributed by atoms with Crippen molar-refractivity contribution in [3.63, 3.8) is 0 Å². The predicted octanol–water partition coefficient (Wildman–Crippen LogP) is 2.95. The zero-order valence-electron chi connectivity index (χ0n) is 9.99. The van der Waals surface area contributed by atoms with E-state index in [1.54, 1.807) is 0 Å². The van der Waals surface area contributed by atoms with Crippen LogP contribution in [-0.2, 0) is 4.74 Å². The summed E-state index contributed by atoms with van der Waals surface area (Å²) in [6, 6.07) is 8.50. The van der Waals surface area contributed by atoms with Gasteiger partial charge in [-0.05, 0) is 25.3 Å². The molecular formula is C14H21NO. The fourth-order valence-electron chi connectivity index (χ4n) is 2.31. The van der Waals surface area contributed by atoms with Crippen LogP contribution in [0.15, 0.2) is 24.3 Å². The Bertz CT molecular complexity index is 314. The molecule has 88 valence electrons. The van der Waals surface area contributed by atoms with Crippen LogP contribution < -0.4 is 5.73 Å². The Labute approximate surface area is 97.8 Å². The summed E-state index contributed by atoms with van der Waals surface area (Å²) in [4.78, 5) is 0. The second-order valence-corrected chi connectivity index (χ2v) is 4.68. The molecule has 1 unspecified atom stereocenters. The molecule has 1 aromatic carbocycles. The maximum atomic E-state index is 6.06. The van der Waals surface area contributed by atoms with Crippen LogP contribution in [0.5, 0.6) is 0 Å². The number of ether oxygens (including phenoxy) is 1. The molecule has 1 fully saturated rings. The molecule has 1 aliphatic carbocycles. The molecule has 0 radical (unpaired) electrons. The Kier molecular flexibility index (Phi) is 3.97. The van der Waals surface area contributed by atoms with Gasteiger partial charge in [0, 0.05) is 6.54 Å². The molecule has 1 aliphatic rings. The summed E-state index contributed by atoms with van der Waals surface area (Å²) in [5.41, 5.74) is 8.28. The largest absolute Gasteiger partial charge is 0.369 e. The molecule has 0 bridgehead atoms. The maximum absolute atomic E-state index is 6.06. The lowest BCUT2D eigenvalue weighted by Gasteiger charge is -2.21. The highest BCUT2D eigenvalue weighted by atomic mass is 16.5. The fraction of sp³-hybridized carbons (Fsp3) is 0.571. The van der Waals surface area contributed by atoms with Gasteiger partial charge in [0.15, 0.2) is 0 Å². The summed E-state index contributed by atoms with van der Waals surface area (Å²) < 4.78 is 6.06. The zero-order chi connectivity index (χ0) is 11.4. The Balaban J connectivity index is 2.00. The van der Waals surface area contributed by atoms with Crippen molar-refractivity contribution in [1.29, 1.82) is 0 Å². The number of aryl methyl sites for hydroxylation is 1. The molecule has 2 N–H and O–H groups in total. The van der Waals surface area contributed by atoms with Gasteiger partial charge in [0.25, 0.3) is 0 Å². The lowest BCUT2D eigenvalue weighted by Crippen LogP contribution is -2.20. The van der Waals surface area contributed by atoms with E-state index in [4.69, 9.17) is 10.5 Å². The fourth-order valence-corrected chi connectivity index (χ4v) is 2.31. The highest BCUT2D eigenvalue weighted by molar-refractivity contribution is 5.23. The maximum Gasteiger partial charge on any atom is 0.0950 e. The van der Waals surface area contributed by atoms with Gasteiger partial charge in [-0.25, -0.2) is 0 Å². The molecule has 0 spiro atoms. The standard InChI is InChI=1S/C14H21NO/c1-11-6-8-12(9-7-11)14(10-15)16-13-4-2-3-5-13/h6-9,13-14H,2-5,10,15H2,1H3. The van der Waals surface area contributed by atoms with Gasteiger partial charge in [0.2, 0.25) is 0 Å². The van der Waals surface area contributed by atoms with E-state index >= 15 is 0 Å². The van der Waals surface area contributed by atoms with Gasteiger partial charge in [0.1, 0.15) is 0 Å². The number of hydrogen-bond acceptors (Lipinski definition) is 2. The Morgan fingerprint density at radius 1 is 1.25 bits per heavy atom. The highest BCUT2D eigenvalue weighted by Gasteiger charge is 2.20. The second-order valence-electron chi connectivity index (χ2n) is 4.68. The predicted molar refractivity (Wildman–Crippen MR) is 66.3 cm³/mol. The van der Waals surface area contributed by atoms with E-state index in [2.05, 4.69) is 31.2 Å². The first-order chi connectivity index (χ1) is 7.79. The van der Waals surface area contributed by atoms with Gasteiger partial charge in [-0.1, -0.05) is 42.7 Å². The number of rotatable bonds is 4. The number of nitrogens with two attached hydrogens (primary N) is 1. The first-order valence-electron chi connectivity index (χ1n) is 6.21. The molecule has 0 aromatic heterocycles. The van der Waals surface area contributed by atoms with Crippen molar-refractivity contribution in [3.05, 3.63) is 35.4 Å². The highest BCUT2D eigenvalue weighted by Crippen LogP contribution is 2.27. The quantitative estimate of drug-likeness (QED) is 0.845. The molecule has 1 atom stereocenters. The first-order valence-corrected chi connectivity index (χ1v) is 6.21. The minimum atomic E-state index is 0.0729. The second kappa shape index (κ2) is 5.46. The van der Waals surface area contributed by atoms with E-state index in [0.717, 1.165) is 0 Å². The molecule has 1 saturated carbocycles. The summed E-state index contributed by atoms with van der Waals surface area (Å²) in [7, 11) is 0. The average Bonchev–Trinajstić information content (AvgIpc) is 2.80. The molecule has 2 nitrogen and oxygen atoms in total. The molecule has 0 amide bonds. The van der Waals surface area contributed by atoms with Crippen molar-refractivity contribution in [3.8, 4) is 0 Å². The van der Waals surface area contributed by atoms with Crippen LogP contribution >= 0.6 is 0 Å². The van der Waals surface area contributed by atoms with Crippen LogP contribution in [0, 0.1) is 6.92 Å². The third-order valence-electron chi connectivity index (χ3n) is 3.32. The summed E-state index contributed by atoms with van der Waals surface area (Å²) >= 11 is 0. The summed E-state index contributed by atoms with van der Waals surface area (Å²) in [6.45, 7) is 2.67. The minimum Gasteiger partial charge on any atom is -0.369 e. The van der Waals surface area contributed by atoms with E-state index in [0.29, 0.717) is 12.6 Å². The normalized spacial score (nSPS) is 18.9. The molecule has 16 heavy (non-hydrogen) atoms. The Hall–Kier alpha value is -0.860. The zero-order valence-corrected chi connectivity index (χ0v) is 9.99. The van der Waals surface area contributed by atoms with E-state index in [1.165, 1.54) is 36.8 Å². The van der Waals surface area contributed by atoms with Crippen LogP contribution in [0.25, 0.3) is 0 Å². The van der Waals surface area contributed by atoms with E-state index < -0.39 is 0 Å². The van der Waals surface area contributed by atoms with Crippen molar-refractivity contribution in [1.82, 2.24) is 0 Å². The minimum absolute atomic E-state index is 0.0729. The van der Waals surface area contributed by atoms with E-state index in [-0.39, 0.29) is 6.10 Å². The monoisotopic (exact) mass is 219 g/mol. The SMILES string of the molecule is Cc1ccc(C(CN)OC2CCCC2)cc1. The van der Waals surface area contributed by atoms with Gasteiger partial charge in [0.05, 0.1) is 12.2 Å². The smallest absolute Gasteiger partial charge is 0.0950 e. The van der Waals surface area contributed by atoms with Crippen LogP contribution in [0.4, 0.5) is 0 Å². The van der Waals surface area contributed by atoms with E-state index in [1.807, 2.05) is 0 Å². The van der Waals surface area contributed by atoms with Gasteiger partial charge in [-0.15, -0.1) is 0 Å². The molecular weight excluding hydrogens is 198 g/mol. The molecule has 0 heterocycles. The molecule has 0 saturated heterocycles. The average molecular weight is 219 g/mol. The molecule has 2 rings (SSSR count).